The Balaban J connectivity index is 0.000000147. The van der Waals surface area contributed by atoms with E-state index in [0.717, 1.165) is 17.8 Å². The maximum absolute atomic E-state index is 12.7. The highest BCUT2D eigenvalue weighted by Gasteiger charge is 2.42. The van der Waals surface area contributed by atoms with Gasteiger partial charge in [0.05, 0.1) is 31.4 Å². The molecule has 3 unspecified atom stereocenters. The van der Waals surface area contributed by atoms with E-state index in [0.29, 0.717) is 12.2 Å². The molecule has 140 valence electrons. The molecular weight excluding hydrogens is 321 g/mol. The molecule has 0 aromatic heterocycles. The van der Waals surface area contributed by atoms with Gasteiger partial charge in [-0.05, 0) is 56.3 Å². The summed E-state index contributed by atoms with van der Waals surface area (Å²) in [6.45, 7) is 2.26. The topological polar surface area (TPSA) is 79.3 Å². The first-order valence-electron chi connectivity index (χ1n) is 9.68. The van der Waals surface area contributed by atoms with Gasteiger partial charge in [-0.3, -0.25) is 4.79 Å². The van der Waals surface area contributed by atoms with Crippen molar-refractivity contribution in [1.29, 1.82) is 5.26 Å². The highest BCUT2D eigenvalue weighted by atomic mass is 19.1. The Morgan fingerprint density at radius 2 is 1.84 bits per heavy atom. The lowest BCUT2D eigenvalue weighted by molar-refractivity contribution is -0.129. The average molecular weight is 351 g/mol. The molecule has 0 aromatic rings. The second kappa shape index (κ2) is 8.01. The lowest BCUT2D eigenvalue weighted by Gasteiger charge is -2.17. The van der Waals surface area contributed by atoms with Crippen LogP contribution in [-0.2, 0) is 9.53 Å². The number of nitrogens with zero attached hydrogens (tertiary/aromatic N) is 2. The Hall–Kier alpha value is -1.19. The molecule has 1 amide bonds. The van der Waals surface area contributed by atoms with Crippen molar-refractivity contribution in [3.63, 3.8) is 0 Å². The highest BCUT2D eigenvalue weighted by molar-refractivity contribution is 5.79. The van der Waals surface area contributed by atoms with E-state index in [9.17, 15) is 9.18 Å². The van der Waals surface area contributed by atoms with E-state index in [4.69, 9.17) is 15.7 Å². The summed E-state index contributed by atoms with van der Waals surface area (Å²) in [5, 5.41) is 8.55. The summed E-state index contributed by atoms with van der Waals surface area (Å²) in [6, 6.07) is 1.24. The van der Waals surface area contributed by atoms with Gasteiger partial charge in [0.2, 0.25) is 5.91 Å². The third-order valence-corrected chi connectivity index (χ3v) is 6.01. The molecule has 1 aliphatic heterocycles. The fourth-order valence-electron chi connectivity index (χ4n) is 4.75. The third-order valence-electron chi connectivity index (χ3n) is 6.01. The highest BCUT2D eigenvalue weighted by Crippen LogP contribution is 2.48. The van der Waals surface area contributed by atoms with Gasteiger partial charge in [-0.25, -0.2) is 4.39 Å². The zero-order valence-electron chi connectivity index (χ0n) is 15.1. The molecule has 4 rings (SSSR count). The van der Waals surface area contributed by atoms with Crippen molar-refractivity contribution in [2.45, 2.75) is 76.3 Å². The molecule has 1 heterocycles. The van der Waals surface area contributed by atoms with Crippen LogP contribution in [0.15, 0.2) is 0 Å². The van der Waals surface area contributed by atoms with E-state index >= 15 is 0 Å². The summed E-state index contributed by atoms with van der Waals surface area (Å²) < 4.78 is 18.7. The second-order valence-corrected chi connectivity index (χ2v) is 8.25. The van der Waals surface area contributed by atoms with Gasteiger partial charge in [-0.15, -0.1) is 0 Å². The number of likely N-dealkylation sites (tertiary alicyclic amines) is 1. The molecule has 0 aromatic carbocycles. The first kappa shape index (κ1) is 18.6. The van der Waals surface area contributed by atoms with Crippen molar-refractivity contribution in [3.8, 4) is 6.07 Å². The van der Waals surface area contributed by atoms with E-state index < -0.39 is 12.2 Å². The van der Waals surface area contributed by atoms with Crippen LogP contribution in [0.1, 0.15) is 51.9 Å². The van der Waals surface area contributed by atoms with Crippen LogP contribution in [0.2, 0.25) is 0 Å². The minimum absolute atomic E-state index is 0.00819. The summed E-state index contributed by atoms with van der Waals surface area (Å²) in [4.78, 5) is 12.2. The molecule has 3 saturated carbocycles. The van der Waals surface area contributed by atoms with Crippen molar-refractivity contribution in [1.82, 2.24) is 4.90 Å². The SMILES string of the molecule is CC1C[C@@H]2CC(OC3CC3)C[C@@H]2C1.N#C[C@@H]1CC(F)CN1C(=O)CN. The Labute approximate surface area is 149 Å². The molecule has 25 heavy (non-hydrogen) atoms. The fraction of sp³-hybridized carbons (Fsp3) is 0.895. The van der Waals surface area contributed by atoms with E-state index in [1.807, 2.05) is 6.07 Å². The predicted octanol–water partition coefficient (Wildman–Crippen LogP) is 2.40. The van der Waals surface area contributed by atoms with E-state index in [-0.39, 0.29) is 25.4 Å². The number of nitriles is 1. The standard InChI is InChI=1S/C12H20O.C7H10FN3O/c1-8-4-9-6-12(7-10(9)5-8)13-11-2-3-11;8-5-1-6(2-9)11(4-5)7(12)3-10/h8-12H,2-7H2,1H3;5-6H,1,3-4,10H2/t8?,9-,10+,12?;5?,6-/m.0/s1. The number of carbonyl (C=O) groups excluding carboxylic acids is 1. The maximum Gasteiger partial charge on any atom is 0.237 e. The number of ether oxygens (including phenoxy) is 1. The summed E-state index contributed by atoms with van der Waals surface area (Å²) >= 11 is 0. The van der Waals surface area contributed by atoms with Gasteiger partial charge in [-0.2, -0.15) is 5.26 Å². The predicted molar refractivity (Wildman–Crippen MR) is 92.2 cm³/mol. The molecule has 5 nitrogen and oxygen atoms in total. The molecule has 3 aliphatic carbocycles. The number of rotatable bonds is 3. The summed E-state index contributed by atoms with van der Waals surface area (Å²) in [5.41, 5.74) is 5.09. The first-order chi connectivity index (χ1) is 12.0. The van der Waals surface area contributed by atoms with Crippen molar-refractivity contribution in [2.24, 2.45) is 23.5 Å². The zero-order valence-corrected chi connectivity index (χ0v) is 15.1. The van der Waals surface area contributed by atoms with Gasteiger partial charge in [0.15, 0.2) is 0 Å². The summed E-state index contributed by atoms with van der Waals surface area (Å²) in [5.74, 6) is 2.69. The van der Waals surface area contributed by atoms with Crippen molar-refractivity contribution in [3.05, 3.63) is 0 Å². The quantitative estimate of drug-likeness (QED) is 0.847. The molecule has 6 heteroatoms. The van der Waals surface area contributed by atoms with Gasteiger partial charge in [0.25, 0.3) is 0 Å². The van der Waals surface area contributed by atoms with Crippen molar-refractivity contribution < 1.29 is 13.9 Å². The minimum Gasteiger partial charge on any atom is -0.375 e. The number of carbonyl (C=O) groups is 1. The fourth-order valence-corrected chi connectivity index (χ4v) is 4.75. The van der Waals surface area contributed by atoms with Crippen LogP contribution in [0.5, 0.6) is 0 Å². The number of alkyl halides is 1. The van der Waals surface area contributed by atoms with Gasteiger partial charge < -0.3 is 15.4 Å². The van der Waals surface area contributed by atoms with Crippen LogP contribution in [0.25, 0.3) is 0 Å². The van der Waals surface area contributed by atoms with Crippen LogP contribution in [0.3, 0.4) is 0 Å². The van der Waals surface area contributed by atoms with Crippen LogP contribution in [0, 0.1) is 29.1 Å². The Bertz CT molecular complexity index is 505. The monoisotopic (exact) mass is 351 g/mol. The number of fused-ring (bicyclic) bond motifs is 1. The van der Waals surface area contributed by atoms with Crippen molar-refractivity contribution >= 4 is 5.91 Å². The van der Waals surface area contributed by atoms with Gasteiger partial charge >= 0.3 is 0 Å². The normalized spacial score (nSPS) is 39.5. The number of hydrogen-bond donors (Lipinski definition) is 1. The lowest BCUT2D eigenvalue weighted by atomic mass is 10.0. The van der Waals surface area contributed by atoms with Gasteiger partial charge in [0.1, 0.15) is 12.2 Å². The Morgan fingerprint density at radius 3 is 2.36 bits per heavy atom. The Morgan fingerprint density at radius 1 is 1.20 bits per heavy atom. The molecule has 2 N–H and O–H groups in total. The van der Waals surface area contributed by atoms with Crippen LogP contribution in [-0.4, -0.2) is 48.3 Å². The number of hydrogen-bond acceptors (Lipinski definition) is 4. The van der Waals surface area contributed by atoms with Gasteiger partial charge in [0, 0.05) is 6.42 Å². The molecule has 1 saturated heterocycles. The minimum atomic E-state index is -1.08. The molecule has 0 bridgehead atoms. The zero-order chi connectivity index (χ0) is 18.0. The summed E-state index contributed by atoms with van der Waals surface area (Å²) in [6.07, 6.45) is 8.75. The first-order valence-corrected chi connectivity index (χ1v) is 9.68. The van der Waals surface area contributed by atoms with Crippen LogP contribution < -0.4 is 5.73 Å². The lowest BCUT2D eigenvalue weighted by Crippen LogP contribution is -2.39. The molecular formula is C19H30FN3O2. The molecule has 0 spiro atoms. The molecule has 4 aliphatic rings. The number of halogens is 1. The second-order valence-electron chi connectivity index (χ2n) is 8.25. The average Bonchev–Trinajstić information content (AvgIpc) is 3.04. The third kappa shape index (κ3) is 4.71. The van der Waals surface area contributed by atoms with Crippen molar-refractivity contribution in [2.75, 3.05) is 13.1 Å². The maximum atomic E-state index is 12.7. The van der Waals surface area contributed by atoms with Crippen LogP contribution >= 0.6 is 0 Å². The van der Waals surface area contributed by atoms with E-state index in [1.165, 1.54) is 43.4 Å². The van der Waals surface area contributed by atoms with Gasteiger partial charge in [-0.1, -0.05) is 6.92 Å². The number of nitrogens with two attached hydrogens (primary N) is 1. The Kier molecular flexibility index (Phi) is 5.96. The molecule has 6 atom stereocenters. The molecule has 0 radical (unpaired) electrons. The smallest absolute Gasteiger partial charge is 0.237 e. The summed E-state index contributed by atoms with van der Waals surface area (Å²) in [7, 11) is 0. The van der Waals surface area contributed by atoms with E-state index in [1.54, 1.807) is 0 Å². The van der Waals surface area contributed by atoms with Crippen LogP contribution in [0.4, 0.5) is 4.39 Å². The number of amides is 1. The largest absolute Gasteiger partial charge is 0.375 e. The van der Waals surface area contributed by atoms with E-state index in [2.05, 4.69) is 6.92 Å². The molecule has 4 fully saturated rings.